The fraction of sp³-hybridized carbons (Fsp3) is 0.0541. The normalized spacial score (nSPS) is 11.3. The smallest absolute Gasteiger partial charge is 0.0735 e. The summed E-state index contributed by atoms with van der Waals surface area (Å²) in [5.41, 5.74) is 11.8. The maximum absolute atomic E-state index is 5.00. The van der Waals surface area contributed by atoms with E-state index in [0.717, 1.165) is 23.4 Å². The van der Waals surface area contributed by atoms with Gasteiger partial charge in [-0.05, 0) is 64.6 Å². The molecule has 0 bridgehead atoms. The molecule has 0 saturated carbocycles. The third-order valence-electron chi connectivity index (χ3n) is 7.62. The second kappa shape index (κ2) is 9.74. The van der Waals surface area contributed by atoms with E-state index in [9.17, 15) is 0 Å². The van der Waals surface area contributed by atoms with Gasteiger partial charge in [0, 0.05) is 16.3 Å². The first kappa shape index (κ1) is 23.2. The highest BCUT2D eigenvalue weighted by Crippen LogP contribution is 2.37. The Labute approximate surface area is 228 Å². The van der Waals surface area contributed by atoms with Crippen molar-refractivity contribution in [3.8, 4) is 39.2 Å². The van der Waals surface area contributed by atoms with Crippen molar-refractivity contribution in [2.45, 2.75) is 13.3 Å². The van der Waals surface area contributed by atoms with Gasteiger partial charge in [0.25, 0.3) is 0 Å². The molecule has 2 aromatic heterocycles. The number of benzene rings is 5. The summed E-state index contributed by atoms with van der Waals surface area (Å²) in [6.45, 7) is 2.21. The number of nitrogens with zero attached hydrogens (tertiary/aromatic N) is 2. The Balaban J connectivity index is 1.48. The molecule has 0 aliphatic carbocycles. The lowest BCUT2D eigenvalue weighted by molar-refractivity contribution is 1.07. The van der Waals surface area contributed by atoms with Gasteiger partial charge >= 0.3 is 0 Å². The van der Waals surface area contributed by atoms with Crippen molar-refractivity contribution in [2.75, 3.05) is 0 Å². The molecule has 39 heavy (non-hydrogen) atoms. The first-order chi connectivity index (χ1) is 19.3. The van der Waals surface area contributed by atoms with Crippen LogP contribution in [0.3, 0.4) is 0 Å². The van der Waals surface area contributed by atoms with Crippen molar-refractivity contribution in [3.05, 3.63) is 145 Å². The molecule has 0 aliphatic heterocycles. The average molecular weight is 501 g/mol. The van der Waals surface area contributed by atoms with Crippen LogP contribution in [0.25, 0.3) is 61.0 Å². The molecule has 0 amide bonds. The number of hydrogen-bond acceptors (Lipinski definition) is 1. The minimum Gasteiger partial charge on any atom is -0.308 e. The Kier molecular flexibility index (Phi) is 5.79. The molecular formula is C37H28N2. The molecule has 5 aromatic carbocycles. The summed E-state index contributed by atoms with van der Waals surface area (Å²) in [6.07, 6.45) is 2.94. The van der Waals surface area contributed by atoms with E-state index in [-0.39, 0.29) is 0 Å². The molecule has 2 nitrogen and oxygen atoms in total. The molecule has 0 atom stereocenters. The molecular weight excluding hydrogens is 472 g/mol. The van der Waals surface area contributed by atoms with Crippen LogP contribution in [0.1, 0.15) is 12.5 Å². The minimum atomic E-state index is 0.915. The third kappa shape index (κ3) is 4.11. The van der Waals surface area contributed by atoms with Crippen LogP contribution in [0.5, 0.6) is 0 Å². The lowest BCUT2D eigenvalue weighted by Crippen LogP contribution is -1.99. The fourth-order valence-electron chi connectivity index (χ4n) is 5.67. The maximum atomic E-state index is 5.00. The van der Waals surface area contributed by atoms with E-state index in [4.69, 9.17) is 4.98 Å². The molecule has 0 aliphatic rings. The van der Waals surface area contributed by atoms with Gasteiger partial charge in [-0.2, -0.15) is 0 Å². The highest BCUT2D eigenvalue weighted by atomic mass is 15.0. The first-order valence-corrected chi connectivity index (χ1v) is 13.5. The molecule has 0 fully saturated rings. The number of aromatic nitrogens is 2. The predicted molar refractivity (Wildman–Crippen MR) is 164 cm³/mol. The van der Waals surface area contributed by atoms with Gasteiger partial charge in [0.2, 0.25) is 0 Å². The van der Waals surface area contributed by atoms with Gasteiger partial charge < -0.3 is 4.57 Å². The van der Waals surface area contributed by atoms with E-state index in [1.54, 1.807) is 0 Å². The van der Waals surface area contributed by atoms with Gasteiger partial charge in [-0.3, -0.25) is 4.98 Å². The number of hydrogen-bond donors (Lipinski definition) is 0. The Morgan fingerprint density at radius 3 is 1.49 bits per heavy atom. The highest BCUT2D eigenvalue weighted by Gasteiger charge is 2.16. The summed E-state index contributed by atoms with van der Waals surface area (Å²) < 4.78 is 2.37. The Hall–Kier alpha value is -4.95. The molecule has 0 spiro atoms. The summed E-state index contributed by atoms with van der Waals surface area (Å²) >= 11 is 0. The van der Waals surface area contributed by atoms with E-state index in [0.29, 0.717) is 0 Å². The van der Waals surface area contributed by atoms with Gasteiger partial charge in [-0.25, -0.2) is 0 Å². The molecule has 0 unspecified atom stereocenters. The van der Waals surface area contributed by atoms with Gasteiger partial charge in [0.05, 0.1) is 28.6 Å². The molecule has 0 N–H and O–H groups in total. The lowest BCUT2D eigenvalue weighted by atomic mass is 10.0. The zero-order chi connectivity index (χ0) is 26.2. The topological polar surface area (TPSA) is 17.8 Å². The number of rotatable bonds is 5. The van der Waals surface area contributed by atoms with Crippen molar-refractivity contribution in [2.24, 2.45) is 0 Å². The monoisotopic (exact) mass is 500 g/mol. The van der Waals surface area contributed by atoms with Crippen LogP contribution < -0.4 is 0 Å². The van der Waals surface area contributed by atoms with Crippen molar-refractivity contribution in [3.63, 3.8) is 0 Å². The maximum Gasteiger partial charge on any atom is 0.0735 e. The molecule has 2 heterocycles. The lowest BCUT2D eigenvalue weighted by Gasteiger charge is -2.13. The van der Waals surface area contributed by atoms with E-state index in [1.807, 2.05) is 6.20 Å². The SMILES string of the molecule is CCc1cc(-n2c3ccc(-c4ccccc4)cc3c3cc(-c4ccccc4)ccc32)cnc1-c1ccccc1. The summed E-state index contributed by atoms with van der Waals surface area (Å²) in [5, 5.41) is 2.49. The van der Waals surface area contributed by atoms with Crippen LogP contribution in [0.4, 0.5) is 0 Å². The Bertz CT molecular complexity index is 1820. The van der Waals surface area contributed by atoms with Crippen LogP contribution in [0, 0.1) is 0 Å². The quantitative estimate of drug-likeness (QED) is 0.230. The molecule has 7 aromatic rings. The molecule has 2 heteroatoms. The summed E-state index contributed by atoms with van der Waals surface area (Å²) in [7, 11) is 0. The summed E-state index contributed by atoms with van der Waals surface area (Å²) in [5.74, 6) is 0. The second-order valence-corrected chi connectivity index (χ2v) is 9.95. The van der Waals surface area contributed by atoms with Crippen LogP contribution >= 0.6 is 0 Å². The van der Waals surface area contributed by atoms with E-state index >= 15 is 0 Å². The fourth-order valence-corrected chi connectivity index (χ4v) is 5.67. The summed E-state index contributed by atoms with van der Waals surface area (Å²) in [4.78, 5) is 5.00. The number of fused-ring (bicyclic) bond motifs is 3. The third-order valence-corrected chi connectivity index (χ3v) is 7.62. The van der Waals surface area contributed by atoms with Gasteiger partial charge in [-0.15, -0.1) is 0 Å². The molecule has 186 valence electrons. The zero-order valence-electron chi connectivity index (χ0n) is 21.9. The highest BCUT2D eigenvalue weighted by molar-refractivity contribution is 6.11. The summed E-state index contributed by atoms with van der Waals surface area (Å²) in [6, 6.07) is 47.7. The van der Waals surface area contributed by atoms with Crippen molar-refractivity contribution < 1.29 is 0 Å². The van der Waals surface area contributed by atoms with E-state index < -0.39 is 0 Å². The van der Waals surface area contributed by atoms with Crippen molar-refractivity contribution in [1.82, 2.24) is 9.55 Å². The van der Waals surface area contributed by atoms with Crippen molar-refractivity contribution >= 4 is 21.8 Å². The van der Waals surface area contributed by atoms with Crippen LogP contribution in [0.15, 0.2) is 140 Å². The van der Waals surface area contributed by atoms with E-state index in [1.165, 1.54) is 49.6 Å². The molecule has 0 saturated heterocycles. The van der Waals surface area contributed by atoms with E-state index in [2.05, 4.69) is 145 Å². The largest absolute Gasteiger partial charge is 0.308 e. The van der Waals surface area contributed by atoms with Gasteiger partial charge in [-0.1, -0.05) is 110 Å². The minimum absolute atomic E-state index is 0.915. The zero-order valence-corrected chi connectivity index (χ0v) is 21.9. The average Bonchev–Trinajstić information content (AvgIpc) is 3.35. The van der Waals surface area contributed by atoms with Crippen LogP contribution in [-0.2, 0) is 6.42 Å². The Morgan fingerprint density at radius 1 is 0.513 bits per heavy atom. The number of pyridine rings is 1. The molecule has 0 radical (unpaired) electrons. The van der Waals surface area contributed by atoms with Gasteiger partial charge in [0.1, 0.15) is 0 Å². The predicted octanol–water partition coefficient (Wildman–Crippen LogP) is 9.74. The van der Waals surface area contributed by atoms with Crippen LogP contribution in [-0.4, -0.2) is 9.55 Å². The van der Waals surface area contributed by atoms with Crippen LogP contribution in [0.2, 0.25) is 0 Å². The molecule has 7 rings (SSSR count). The Morgan fingerprint density at radius 2 is 1.00 bits per heavy atom. The van der Waals surface area contributed by atoms with Gasteiger partial charge in [0.15, 0.2) is 0 Å². The van der Waals surface area contributed by atoms with Crippen molar-refractivity contribution in [1.29, 1.82) is 0 Å². The first-order valence-electron chi connectivity index (χ1n) is 13.5. The standard InChI is InChI=1S/C37H28N2/c1-2-26-22-32(25-38-37(26)29-16-10-5-11-17-29)39-35-20-18-30(27-12-6-3-7-13-27)23-33(35)34-24-31(19-21-36(34)39)28-14-8-4-9-15-28/h3-25H,2H2,1H3. The second-order valence-electron chi connectivity index (χ2n) is 9.95. The number of aryl methyl sites for hydroxylation is 1.